The fourth-order valence-electron chi connectivity index (χ4n) is 2.34. The van der Waals surface area contributed by atoms with Crippen LogP contribution in [0.5, 0.6) is 5.75 Å². The highest BCUT2D eigenvalue weighted by atomic mass is 19.1. The highest BCUT2D eigenvalue weighted by molar-refractivity contribution is 5.82. The first-order valence-corrected chi connectivity index (χ1v) is 8.45. The third-order valence-corrected chi connectivity index (χ3v) is 3.71. The number of nitrogens with one attached hydrogen (secondary N) is 1. The van der Waals surface area contributed by atoms with Crippen molar-refractivity contribution in [3.8, 4) is 5.75 Å². The Morgan fingerprint density at radius 3 is 2.79 bits per heavy atom. The molecule has 0 spiro atoms. The average Bonchev–Trinajstić information content (AvgIpc) is 3.16. The van der Waals surface area contributed by atoms with E-state index in [1.54, 1.807) is 36.4 Å². The van der Waals surface area contributed by atoms with Crippen LogP contribution in [0.1, 0.15) is 11.1 Å². The van der Waals surface area contributed by atoms with Gasteiger partial charge in [-0.2, -0.15) is 10.2 Å². The van der Waals surface area contributed by atoms with Gasteiger partial charge in [-0.15, -0.1) is 0 Å². The van der Waals surface area contributed by atoms with Crippen LogP contribution in [0.15, 0.2) is 66.0 Å². The maximum Gasteiger partial charge on any atom is 0.307 e. The van der Waals surface area contributed by atoms with E-state index in [9.17, 15) is 19.3 Å². The quantitative estimate of drug-likeness (QED) is 0.357. The summed E-state index contributed by atoms with van der Waals surface area (Å²) in [4.78, 5) is 21.8. The summed E-state index contributed by atoms with van der Waals surface area (Å²) in [5.41, 5.74) is 3.57. The van der Waals surface area contributed by atoms with Crippen LogP contribution in [0, 0.1) is 15.9 Å². The van der Waals surface area contributed by atoms with E-state index in [2.05, 4.69) is 15.6 Å². The fraction of sp³-hybridized carbons (Fsp3) is 0.105. The molecule has 3 rings (SSSR count). The van der Waals surface area contributed by atoms with E-state index in [-0.39, 0.29) is 24.7 Å². The van der Waals surface area contributed by atoms with Crippen molar-refractivity contribution in [2.45, 2.75) is 13.2 Å². The minimum absolute atomic E-state index is 0.194. The van der Waals surface area contributed by atoms with Crippen LogP contribution >= 0.6 is 0 Å². The van der Waals surface area contributed by atoms with Gasteiger partial charge in [-0.05, 0) is 47.5 Å². The third kappa shape index (κ3) is 5.96. The SMILES string of the molecule is O=C(Cn1cc([N+](=O)[O-])cn1)N/N=C/c1ccc(OCc2cccc(F)c2)cc1. The summed E-state index contributed by atoms with van der Waals surface area (Å²) in [5.74, 6) is -0.185. The zero-order valence-corrected chi connectivity index (χ0v) is 15.1. The number of hydrogen-bond donors (Lipinski definition) is 1. The zero-order chi connectivity index (χ0) is 20.6. The van der Waals surface area contributed by atoms with Crippen LogP contribution in [-0.4, -0.2) is 26.8 Å². The van der Waals surface area contributed by atoms with Gasteiger partial charge in [0, 0.05) is 0 Å². The highest BCUT2D eigenvalue weighted by Crippen LogP contribution is 2.14. The first kappa shape index (κ1) is 19.7. The molecule has 1 N–H and O–H groups in total. The van der Waals surface area contributed by atoms with Crippen molar-refractivity contribution < 1.29 is 18.8 Å². The lowest BCUT2D eigenvalue weighted by Crippen LogP contribution is -2.23. The fourth-order valence-corrected chi connectivity index (χ4v) is 2.34. The smallest absolute Gasteiger partial charge is 0.307 e. The van der Waals surface area contributed by atoms with E-state index in [0.717, 1.165) is 28.2 Å². The van der Waals surface area contributed by atoms with Crippen LogP contribution in [0.2, 0.25) is 0 Å². The van der Waals surface area contributed by atoms with Gasteiger partial charge in [-0.1, -0.05) is 12.1 Å². The van der Waals surface area contributed by atoms with Crippen LogP contribution in [-0.2, 0) is 17.9 Å². The van der Waals surface area contributed by atoms with Gasteiger partial charge < -0.3 is 4.74 Å². The van der Waals surface area contributed by atoms with Crippen molar-refractivity contribution in [3.05, 3.63) is 88.0 Å². The molecule has 148 valence electrons. The summed E-state index contributed by atoms with van der Waals surface area (Å²) in [6.07, 6.45) is 3.67. The number of carbonyl (C=O) groups excluding carboxylic acids is 1. The Hall–Kier alpha value is -4.08. The summed E-state index contributed by atoms with van der Waals surface area (Å²) in [5, 5.41) is 18.1. The van der Waals surface area contributed by atoms with Gasteiger partial charge in [0.15, 0.2) is 0 Å². The topological polar surface area (TPSA) is 112 Å². The normalized spacial score (nSPS) is 10.8. The van der Waals surface area contributed by atoms with Gasteiger partial charge in [0.1, 0.15) is 37.1 Å². The molecule has 1 aromatic heterocycles. The van der Waals surface area contributed by atoms with Crippen LogP contribution < -0.4 is 10.2 Å². The van der Waals surface area contributed by atoms with Crippen LogP contribution in [0.4, 0.5) is 10.1 Å². The van der Waals surface area contributed by atoms with E-state index in [4.69, 9.17) is 4.74 Å². The maximum absolute atomic E-state index is 13.1. The maximum atomic E-state index is 13.1. The lowest BCUT2D eigenvalue weighted by atomic mass is 10.2. The number of amides is 1. The second-order valence-corrected chi connectivity index (χ2v) is 5.93. The second-order valence-electron chi connectivity index (χ2n) is 5.93. The molecule has 0 fully saturated rings. The van der Waals surface area contributed by atoms with E-state index >= 15 is 0 Å². The number of hydrogen-bond acceptors (Lipinski definition) is 6. The van der Waals surface area contributed by atoms with Crippen molar-refractivity contribution in [3.63, 3.8) is 0 Å². The Labute approximate surface area is 164 Å². The van der Waals surface area contributed by atoms with Crippen LogP contribution in [0.3, 0.4) is 0 Å². The minimum atomic E-state index is -0.592. The molecule has 29 heavy (non-hydrogen) atoms. The number of nitro groups is 1. The van der Waals surface area contributed by atoms with Gasteiger partial charge in [0.2, 0.25) is 0 Å². The van der Waals surface area contributed by atoms with Crippen molar-refractivity contribution in [2.24, 2.45) is 5.10 Å². The van der Waals surface area contributed by atoms with Gasteiger partial charge in [0.25, 0.3) is 5.91 Å². The monoisotopic (exact) mass is 397 g/mol. The van der Waals surface area contributed by atoms with Crippen molar-refractivity contribution in [1.29, 1.82) is 0 Å². The number of rotatable bonds is 8. The molecule has 0 aliphatic carbocycles. The van der Waals surface area contributed by atoms with Gasteiger partial charge in [-0.25, -0.2) is 9.82 Å². The van der Waals surface area contributed by atoms with E-state index in [1.807, 2.05) is 0 Å². The highest BCUT2D eigenvalue weighted by Gasteiger charge is 2.10. The Kier molecular flexibility index (Phi) is 6.25. The van der Waals surface area contributed by atoms with E-state index in [0.29, 0.717) is 5.75 Å². The molecule has 2 aromatic carbocycles. The number of ether oxygens (including phenoxy) is 1. The molecule has 0 unspecified atom stereocenters. The molecule has 0 aliphatic heterocycles. The van der Waals surface area contributed by atoms with Crippen LogP contribution in [0.25, 0.3) is 0 Å². The second kappa shape index (κ2) is 9.22. The van der Waals surface area contributed by atoms with Gasteiger partial charge in [0.05, 0.1) is 11.1 Å². The van der Waals surface area contributed by atoms with Crippen molar-refractivity contribution in [2.75, 3.05) is 0 Å². The first-order valence-electron chi connectivity index (χ1n) is 8.45. The summed E-state index contributed by atoms with van der Waals surface area (Å²) in [6, 6.07) is 13.1. The standard InChI is InChI=1S/C19H16FN5O4/c20-16-3-1-2-15(8-16)13-29-18-6-4-14(5-7-18)9-21-23-19(26)12-24-11-17(10-22-24)25(27)28/h1-11H,12-13H2,(H,23,26)/b21-9+. The summed E-state index contributed by atoms with van der Waals surface area (Å²) >= 11 is 0. The molecule has 3 aromatic rings. The molecule has 0 saturated heterocycles. The molecule has 0 saturated carbocycles. The van der Waals surface area contributed by atoms with Gasteiger partial charge in [-0.3, -0.25) is 19.6 Å². The summed E-state index contributed by atoms with van der Waals surface area (Å²) < 4.78 is 19.9. The Bertz CT molecular complexity index is 1030. The number of hydrazone groups is 1. The molecule has 1 amide bonds. The first-order chi connectivity index (χ1) is 14.0. The summed E-state index contributed by atoms with van der Waals surface area (Å²) in [6.45, 7) is 0.0465. The lowest BCUT2D eigenvalue weighted by molar-refractivity contribution is -0.385. The van der Waals surface area contributed by atoms with E-state index < -0.39 is 10.8 Å². The molecule has 1 heterocycles. The van der Waals surface area contributed by atoms with E-state index in [1.165, 1.54) is 18.3 Å². The molecule has 0 bridgehead atoms. The number of nitrogens with zero attached hydrogens (tertiary/aromatic N) is 4. The molecule has 0 atom stereocenters. The largest absolute Gasteiger partial charge is 0.489 e. The lowest BCUT2D eigenvalue weighted by Gasteiger charge is -2.06. The third-order valence-electron chi connectivity index (χ3n) is 3.71. The zero-order valence-electron chi connectivity index (χ0n) is 15.1. The average molecular weight is 397 g/mol. The summed E-state index contributed by atoms with van der Waals surface area (Å²) in [7, 11) is 0. The molecule has 0 radical (unpaired) electrons. The van der Waals surface area contributed by atoms with Crippen molar-refractivity contribution >= 4 is 17.8 Å². The molecule has 0 aliphatic rings. The van der Waals surface area contributed by atoms with Crippen molar-refractivity contribution in [1.82, 2.24) is 15.2 Å². The number of aromatic nitrogens is 2. The molecular weight excluding hydrogens is 381 g/mol. The molecular formula is C19H16FN5O4. The Morgan fingerprint density at radius 1 is 1.31 bits per heavy atom. The van der Waals surface area contributed by atoms with Gasteiger partial charge >= 0.3 is 5.69 Å². The predicted molar refractivity (Wildman–Crippen MR) is 102 cm³/mol. The Morgan fingerprint density at radius 2 is 2.10 bits per heavy atom. The Balaban J connectivity index is 1.46. The molecule has 10 heteroatoms. The number of halogens is 1. The predicted octanol–water partition coefficient (Wildman–Crippen LogP) is 2.66. The number of carbonyl (C=O) groups is 1. The molecule has 9 nitrogen and oxygen atoms in total. The minimum Gasteiger partial charge on any atom is -0.489 e. The number of benzene rings is 2.